The maximum absolute atomic E-state index is 12.7. The molecule has 1 aliphatic heterocycles. The molecule has 1 amide bonds. The van der Waals surface area contributed by atoms with Crippen molar-refractivity contribution in [2.45, 2.75) is 45.4 Å². The first-order valence-corrected chi connectivity index (χ1v) is 9.65. The van der Waals surface area contributed by atoms with Crippen LogP contribution in [0.15, 0.2) is 48.5 Å². The molecule has 0 radical (unpaired) electrons. The zero-order chi connectivity index (χ0) is 21.0. The number of carbonyl (C=O) groups is 2. The summed E-state index contributed by atoms with van der Waals surface area (Å²) in [6.07, 6.45) is 0.0768. The smallest absolute Gasteiger partial charge is 0.411 e. The first-order chi connectivity index (χ1) is 13.8. The Morgan fingerprint density at radius 1 is 1.10 bits per heavy atom. The number of carbonyl (C=O) groups excluding carboxylic acids is 2. The van der Waals surface area contributed by atoms with Crippen LogP contribution < -0.4 is 4.74 Å². The summed E-state index contributed by atoms with van der Waals surface area (Å²) in [5.74, 6) is 0.233. The number of esters is 1. The van der Waals surface area contributed by atoms with Crippen LogP contribution in [0.3, 0.4) is 0 Å². The van der Waals surface area contributed by atoms with Crippen LogP contribution in [0.25, 0.3) is 0 Å². The lowest BCUT2D eigenvalue weighted by molar-refractivity contribution is -0.147. The van der Waals surface area contributed by atoms with Crippen LogP contribution >= 0.6 is 0 Å². The van der Waals surface area contributed by atoms with Gasteiger partial charge in [-0.15, -0.1) is 0 Å². The number of amides is 1. The van der Waals surface area contributed by atoms with E-state index in [-0.39, 0.29) is 0 Å². The molecule has 6 heteroatoms. The monoisotopic (exact) mass is 397 g/mol. The predicted molar refractivity (Wildman–Crippen MR) is 109 cm³/mol. The molecule has 1 heterocycles. The fraction of sp³-hybridized carbons (Fsp3) is 0.391. The Hall–Kier alpha value is -3.02. The lowest BCUT2D eigenvalue weighted by Crippen LogP contribution is -2.46. The fourth-order valence-corrected chi connectivity index (χ4v) is 3.32. The molecule has 0 spiro atoms. The van der Waals surface area contributed by atoms with E-state index < -0.39 is 23.7 Å². The van der Waals surface area contributed by atoms with Gasteiger partial charge in [0.1, 0.15) is 18.0 Å². The molecule has 0 aliphatic carbocycles. The van der Waals surface area contributed by atoms with Gasteiger partial charge in [-0.3, -0.25) is 4.90 Å². The number of rotatable bonds is 4. The van der Waals surface area contributed by atoms with Gasteiger partial charge in [-0.25, -0.2) is 9.59 Å². The van der Waals surface area contributed by atoms with Crippen LogP contribution in [0.5, 0.6) is 5.75 Å². The number of hydrogen-bond acceptors (Lipinski definition) is 5. The Morgan fingerprint density at radius 2 is 1.83 bits per heavy atom. The zero-order valence-corrected chi connectivity index (χ0v) is 17.3. The molecule has 0 bridgehead atoms. The molecule has 2 aromatic rings. The molecule has 6 nitrogen and oxygen atoms in total. The molecule has 1 aliphatic rings. The summed E-state index contributed by atoms with van der Waals surface area (Å²) in [6, 6.07) is 14.7. The molecule has 1 atom stereocenters. The maximum atomic E-state index is 12.7. The first-order valence-electron chi connectivity index (χ1n) is 9.65. The van der Waals surface area contributed by atoms with Crippen LogP contribution in [0.4, 0.5) is 4.79 Å². The second-order valence-electron chi connectivity index (χ2n) is 7.98. The van der Waals surface area contributed by atoms with E-state index in [1.54, 1.807) is 20.8 Å². The van der Waals surface area contributed by atoms with Crippen molar-refractivity contribution in [1.29, 1.82) is 0 Å². The molecular formula is C23H27NO5. The summed E-state index contributed by atoms with van der Waals surface area (Å²) in [7, 11) is 1.32. The van der Waals surface area contributed by atoms with E-state index in [9.17, 15) is 9.59 Å². The average molecular weight is 397 g/mol. The van der Waals surface area contributed by atoms with Gasteiger partial charge in [-0.05, 0) is 56.0 Å². The highest BCUT2D eigenvalue weighted by molar-refractivity contribution is 5.84. The summed E-state index contributed by atoms with van der Waals surface area (Å²) in [5, 5.41) is 0. The van der Waals surface area contributed by atoms with E-state index in [1.165, 1.54) is 12.0 Å². The van der Waals surface area contributed by atoms with Crippen LogP contribution in [0.2, 0.25) is 0 Å². The third-order valence-corrected chi connectivity index (χ3v) is 4.64. The summed E-state index contributed by atoms with van der Waals surface area (Å²) in [5.41, 5.74) is 2.13. The van der Waals surface area contributed by atoms with E-state index in [4.69, 9.17) is 14.2 Å². The number of hydrogen-bond donors (Lipinski definition) is 0. The van der Waals surface area contributed by atoms with Crippen molar-refractivity contribution in [2.75, 3.05) is 13.7 Å². The molecule has 0 aromatic heterocycles. The summed E-state index contributed by atoms with van der Waals surface area (Å²) < 4.78 is 16.4. The number of fused-ring (bicyclic) bond motifs is 1. The van der Waals surface area contributed by atoms with Crippen molar-refractivity contribution in [3.8, 4) is 5.75 Å². The van der Waals surface area contributed by atoms with Crippen molar-refractivity contribution in [2.24, 2.45) is 0 Å². The molecule has 154 valence electrons. The molecule has 2 aromatic carbocycles. The third-order valence-electron chi connectivity index (χ3n) is 4.64. The van der Waals surface area contributed by atoms with Gasteiger partial charge in [0, 0.05) is 6.54 Å². The van der Waals surface area contributed by atoms with Crippen LogP contribution in [-0.4, -0.2) is 36.2 Å². The zero-order valence-electron chi connectivity index (χ0n) is 17.3. The highest BCUT2D eigenvalue weighted by Gasteiger charge is 2.39. The molecule has 0 saturated heterocycles. The van der Waals surface area contributed by atoms with E-state index >= 15 is 0 Å². The summed E-state index contributed by atoms with van der Waals surface area (Å²) >= 11 is 0. The normalized spacial score (nSPS) is 16.0. The number of benzene rings is 2. The largest absolute Gasteiger partial charge is 0.489 e. The Labute approximate surface area is 171 Å². The Morgan fingerprint density at radius 3 is 2.48 bits per heavy atom. The van der Waals surface area contributed by atoms with Gasteiger partial charge in [0.2, 0.25) is 0 Å². The van der Waals surface area contributed by atoms with E-state index in [0.29, 0.717) is 19.6 Å². The second-order valence-corrected chi connectivity index (χ2v) is 7.98. The summed E-state index contributed by atoms with van der Waals surface area (Å²) in [6.45, 7) is 6.22. The summed E-state index contributed by atoms with van der Waals surface area (Å²) in [4.78, 5) is 26.6. The lowest BCUT2D eigenvalue weighted by atomic mass is 9.92. The van der Waals surface area contributed by atoms with Gasteiger partial charge in [0.25, 0.3) is 0 Å². The second kappa shape index (κ2) is 8.55. The van der Waals surface area contributed by atoms with Gasteiger partial charge in [-0.2, -0.15) is 0 Å². The van der Waals surface area contributed by atoms with Crippen molar-refractivity contribution in [1.82, 2.24) is 4.90 Å². The molecule has 0 N–H and O–H groups in total. The van der Waals surface area contributed by atoms with Gasteiger partial charge in [-0.1, -0.05) is 36.4 Å². The molecule has 1 unspecified atom stereocenters. The fourth-order valence-electron chi connectivity index (χ4n) is 3.32. The van der Waals surface area contributed by atoms with Crippen LogP contribution in [-0.2, 0) is 27.3 Å². The van der Waals surface area contributed by atoms with Gasteiger partial charge < -0.3 is 14.2 Å². The highest BCUT2D eigenvalue weighted by atomic mass is 16.6. The minimum atomic E-state index is -0.832. The minimum absolute atomic E-state index is 0.365. The van der Waals surface area contributed by atoms with Crippen molar-refractivity contribution in [3.05, 3.63) is 65.2 Å². The maximum Gasteiger partial charge on any atom is 0.411 e. The Balaban J connectivity index is 1.82. The van der Waals surface area contributed by atoms with Crippen molar-refractivity contribution in [3.63, 3.8) is 0 Å². The topological polar surface area (TPSA) is 65.1 Å². The number of ether oxygens (including phenoxy) is 3. The molecule has 0 saturated carbocycles. The predicted octanol–water partition coefficient (Wildman–Crippen LogP) is 4.27. The van der Waals surface area contributed by atoms with E-state index in [0.717, 1.165) is 22.4 Å². The standard InChI is InChI=1S/C23H27NO5/c1-23(2,3)29-22(26)24-13-12-17-14-18(28-15-16-8-6-5-7-9-16)10-11-19(17)20(24)21(25)27-4/h5-11,14,20H,12-13,15H2,1-4H3. The Kier molecular flexibility index (Phi) is 6.11. The van der Waals surface area contributed by atoms with Crippen molar-refractivity contribution >= 4 is 12.1 Å². The average Bonchev–Trinajstić information content (AvgIpc) is 2.70. The molecule has 0 fully saturated rings. The number of methoxy groups -OCH3 is 1. The molecule has 3 rings (SSSR count). The first kappa shape index (κ1) is 20.7. The third kappa shape index (κ3) is 5.08. The van der Waals surface area contributed by atoms with Gasteiger partial charge in [0.05, 0.1) is 7.11 Å². The SMILES string of the molecule is COC(=O)C1c2ccc(OCc3ccccc3)cc2CCN1C(=O)OC(C)(C)C. The minimum Gasteiger partial charge on any atom is -0.489 e. The molecular weight excluding hydrogens is 370 g/mol. The number of nitrogens with zero attached hydrogens (tertiary/aromatic N) is 1. The molecule has 29 heavy (non-hydrogen) atoms. The van der Waals surface area contributed by atoms with Gasteiger partial charge in [0.15, 0.2) is 6.04 Å². The van der Waals surface area contributed by atoms with E-state index in [2.05, 4.69) is 0 Å². The van der Waals surface area contributed by atoms with E-state index in [1.807, 2.05) is 48.5 Å². The van der Waals surface area contributed by atoms with Crippen LogP contribution in [0, 0.1) is 0 Å². The Bertz CT molecular complexity index is 873. The van der Waals surface area contributed by atoms with Crippen LogP contribution in [0.1, 0.15) is 43.5 Å². The lowest BCUT2D eigenvalue weighted by Gasteiger charge is -2.36. The quantitative estimate of drug-likeness (QED) is 0.721. The van der Waals surface area contributed by atoms with Gasteiger partial charge >= 0.3 is 12.1 Å². The van der Waals surface area contributed by atoms with Crippen molar-refractivity contribution < 1.29 is 23.8 Å². The highest BCUT2D eigenvalue weighted by Crippen LogP contribution is 2.34.